The molecule has 4 rings (SSSR count). The first-order chi connectivity index (χ1) is 15.0. The Kier molecular flexibility index (Phi) is 7.53. The van der Waals surface area contributed by atoms with Crippen LogP contribution in [-0.2, 0) is 16.1 Å². The Balaban J connectivity index is 1.49. The molecular weight excluding hydrogens is 528 g/mol. The predicted octanol–water partition coefficient (Wildman–Crippen LogP) is 5.05. The summed E-state index contributed by atoms with van der Waals surface area (Å²) in [6, 6.07) is 13.8. The number of nitrogens with zero attached hydrogens (tertiary/aromatic N) is 1. The molecule has 166 valence electrons. The standard InChI is InChI=1S/C23H26Br2N2O4/c1-27(18-6-8-26-9-7-18)23(28)31-22-19-4-2-3-5-20(19)30-14-21(22)29-13-15-10-16(24)12-17(25)11-15/h2-5,10-12,18,21-22,26H,6-9,13-14H2,1H3/t21-,22-/m0/s1. The van der Waals surface area contributed by atoms with Crippen molar-refractivity contribution < 1.29 is 19.0 Å². The maximum absolute atomic E-state index is 13.0. The van der Waals surface area contributed by atoms with Gasteiger partial charge in [-0.3, -0.25) is 0 Å². The molecular formula is C23H26Br2N2O4. The van der Waals surface area contributed by atoms with Crippen molar-refractivity contribution in [1.29, 1.82) is 0 Å². The number of hydrogen-bond donors (Lipinski definition) is 1. The number of carbonyl (C=O) groups excluding carboxylic acids is 1. The minimum Gasteiger partial charge on any atom is -0.490 e. The number of rotatable bonds is 5. The normalized spacial score (nSPS) is 21.1. The van der Waals surface area contributed by atoms with Gasteiger partial charge in [0.2, 0.25) is 0 Å². The summed E-state index contributed by atoms with van der Waals surface area (Å²) in [5.74, 6) is 0.731. The lowest BCUT2D eigenvalue weighted by Gasteiger charge is -2.36. The minimum absolute atomic E-state index is 0.183. The summed E-state index contributed by atoms with van der Waals surface area (Å²) in [6.07, 6.45) is 0.587. The number of para-hydroxylation sites is 1. The van der Waals surface area contributed by atoms with Crippen molar-refractivity contribution in [3.8, 4) is 5.75 Å². The Morgan fingerprint density at radius 2 is 1.87 bits per heavy atom. The highest BCUT2D eigenvalue weighted by atomic mass is 79.9. The third kappa shape index (κ3) is 5.61. The molecule has 0 bridgehead atoms. The highest BCUT2D eigenvalue weighted by Gasteiger charge is 2.36. The minimum atomic E-state index is -0.530. The lowest BCUT2D eigenvalue weighted by molar-refractivity contribution is -0.0892. The molecule has 1 amide bonds. The van der Waals surface area contributed by atoms with E-state index in [0.717, 1.165) is 51.8 Å². The number of fused-ring (bicyclic) bond motifs is 1. The number of amides is 1. The van der Waals surface area contributed by atoms with Gasteiger partial charge in [0.15, 0.2) is 6.10 Å². The zero-order valence-electron chi connectivity index (χ0n) is 17.4. The Labute approximate surface area is 199 Å². The quantitative estimate of drug-likeness (QED) is 0.561. The summed E-state index contributed by atoms with van der Waals surface area (Å²) in [5, 5.41) is 3.33. The van der Waals surface area contributed by atoms with E-state index in [4.69, 9.17) is 14.2 Å². The van der Waals surface area contributed by atoms with E-state index in [1.54, 1.807) is 4.90 Å². The topological polar surface area (TPSA) is 60.0 Å². The van der Waals surface area contributed by atoms with Crippen LogP contribution in [0.3, 0.4) is 0 Å². The van der Waals surface area contributed by atoms with E-state index in [2.05, 4.69) is 37.2 Å². The van der Waals surface area contributed by atoms with Crippen LogP contribution >= 0.6 is 31.9 Å². The average molecular weight is 554 g/mol. The number of carbonyl (C=O) groups is 1. The molecule has 1 saturated heterocycles. The molecule has 8 heteroatoms. The zero-order valence-corrected chi connectivity index (χ0v) is 20.5. The van der Waals surface area contributed by atoms with Gasteiger partial charge < -0.3 is 24.4 Å². The van der Waals surface area contributed by atoms with Crippen molar-refractivity contribution in [2.45, 2.75) is 37.7 Å². The van der Waals surface area contributed by atoms with Crippen LogP contribution in [0.2, 0.25) is 0 Å². The molecule has 0 aliphatic carbocycles. The molecule has 1 fully saturated rings. The lowest BCUT2D eigenvalue weighted by atomic mass is 10.0. The van der Waals surface area contributed by atoms with Crippen LogP contribution in [0.5, 0.6) is 5.75 Å². The maximum atomic E-state index is 13.0. The van der Waals surface area contributed by atoms with Gasteiger partial charge in [-0.25, -0.2) is 4.79 Å². The molecule has 1 N–H and O–H groups in total. The van der Waals surface area contributed by atoms with Crippen LogP contribution in [0.1, 0.15) is 30.1 Å². The van der Waals surface area contributed by atoms with E-state index in [-0.39, 0.29) is 12.1 Å². The molecule has 0 spiro atoms. The van der Waals surface area contributed by atoms with Crippen LogP contribution in [0.15, 0.2) is 51.4 Å². The second kappa shape index (κ2) is 10.3. The van der Waals surface area contributed by atoms with Crippen molar-refractivity contribution in [3.05, 3.63) is 62.5 Å². The van der Waals surface area contributed by atoms with E-state index < -0.39 is 12.2 Å². The second-order valence-electron chi connectivity index (χ2n) is 7.87. The van der Waals surface area contributed by atoms with E-state index in [9.17, 15) is 4.79 Å². The van der Waals surface area contributed by atoms with Crippen molar-refractivity contribution in [2.24, 2.45) is 0 Å². The van der Waals surface area contributed by atoms with E-state index in [1.165, 1.54) is 0 Å². The molecule has 31 heavy (non-hydrogen) atoms. The molecule has 2 aromatic carbocycles. The monoisotopic (exact) mass is 552 g/mol. The van der Waals surface area contributed by atoms with Gasteiger partial charge in [-0.05, 0) is 55.8 Å². The summed E-state index contributed by atoms with van der Waals surface area (Å²) in [4.78, 5) is 14.7. The van der Waals surface area contributed by atoms with E-state index in [0.29, 0.717) is 13.2 Å². The number of hydrogen-bond acceptors (Lipinski definition) is 5. The zero-order chi connectivity index (χ0) is 21.8. The number of nitrogens with one attached hydrogen (secondary N) is 1. The fourth-order valence-electron chi connectivity index (χ4n) is 4.01. The van der Waals surface area contributed by atoms with Gasteiger partial charge in [-0.1, -0.05) is 50.1 Å². The van der Waals surface area contributed by atoms with E-state index >= 15 is 0 Å². The third-order valence-electron chi connectivity index (χ3n) is 5.72. The van der Waals surface area contributed by atoms with E-state index in [1.807, 2.05) is 49.5 Å². The van der Waals surface area contributed by atoms with Crippen molar-refractivity contribution in [1.82, 2.24) is 10.2 Å². The molecule has 2 atom stereocenters. The predicted molar refractivity (Wildman–Crippen MR) is 125 cm³/mol. The molecule has 2 aliphatic rings. The first kappa shape index (κ1) is 22.6. The van der Waals surface area contributed by atoms with Gasteiger partial charge in [0.05, 0.1) is 6.61 Å². The van der Waals surface area contributed by atoms with Crippen LogP contribution < -0.4 is 10.1 Å². The van der Waals surface area contributed by atoms with Gasteiger partial charge in [0.1, 0.15) is 18.5 Å². The summed E-state index contributed by atoms with van der Waals surface area (Å²) >= 11 is 7.02. The third-order valence-corrected chi connectivity index (χ3v) is 6.64. The summed E-state index contributed by atoms with van der Waals surface area (Å²) in [7, 11) is 1.82. The maximum Gasteiger partial charge on any atom is 0.410 e. The molecule has 2 aromatic rings. The number of ether oxygens (including phenoxy) is 3. The Morgan fingerprint density at radius 3 is 2.61 bits per heavy atom. The van der Waals surface area contributed by atoms with Crippen LogP contribution in [0.25, 0.3) is 0 Å². The Morgan fingerprint density at radius 1 is 1.16 bits per heavy atom. The van der Waals surface area contributed by atoms with Crippen LogP contribution in [-0.4, -0.2) is 49.9 Å². The lowest BCUT2D eigenvalue weighted by Crippen LogP contribution is -2.45. The average Bonchev–Trinajstić information content (AvgIpc) is 2.78. The fourth-order valence-corrected chi connectivity index (χ4v) is 5.40. The summed E-state index contributed by atoms with van der Waals surface area (Å²) in [5.41, 5.74) is 1.85. The van der Waals surface area contributed by atoms with Gasteiger partial charge in [0, 0.05) is 27.6 Å². The van der Waals surface area contributed by atoms with Crippen molar-refractivity contribution >= 4 is 38.0 Å². The van der Waals surface area contributed by atoms with Crippen LogP contribution in [0, 0.1) is 0 Å². The van der Waals surface area contributed by atoms with Gasteiger partial charge in [-0.2, -0.15) is 0 Å². The second-order valence-corrected chi connectivity index (χ2v) is 9.70. The fraction of sp³-hybridized carbons (Fsp3) is 0.435. The molecule has 0 aromatic heterocycles. The SMILES string of the molecule is CN(C(=O)O[C@H]1c2ccccc2OC[C@@H]1OCc1cc(Br)cc(Br)c1)C1CCNCC1. The molecule has 0 radical (unpaired) electrons. The Hall–Kier alpha value is -1.61. The molecule has 0 unspecified atom stereocenters. The molecule has 2 aliphatic heterocycles. The van der Waals surface area contributed by atoms with Gasteiger partial charge >= 0.3 is 6.09 Å². The number of benzene rings is 2. The molecule has 2 heterocycles. The largest absolute Gasteiger partial charge is 0.490 e. The van der Waals surface area contributed by atoms with Crippen LogP contribution in [0.4, 0.5) is 4.79 Å². The van der Waals surface area contributed by atoms with Gasteiger partial charge in [-0.15, -0.1) is 0 Å². The highest BCUT2D eigenvalue weighted by Crippen LogP contribution is 2.37. The smallest absolute Gasteiger partial charge is 0.410 e. The summed E-state index contributed by atoms with van der Waals surface area (Å²) in [6.45, 7) is 2.53. The Bertz CT molecular complexity index is 900. The first-order valence-corrected chi connectivity index (χ1v) is 12.0. The van der Waals surface area contributed by atoms with Crippen molar-refractivity contribution in [2.75, 3.05) is 26.7 Å². The number of halogens is 2. The summed E-state index contributed by atoms with van der Waals surface area (Å²) < 4.78 is 20.1. The molecule has 0 saturated carbocycles. The van der Waals surface area contributed by atoms with Crippen molar-refractivity contribution in [3.63, 3.8) is 0 Å². The number of piperidine rings is 1. The highest BCUT2D eigenvalue weighted by molar-refractivity contribution is 9.11. The molecule has 6 nitrogen and oxygen atoms in total. The first-order valence-electron chi connectivity index (χ1n) is 10.4. The van der Waals surface area contributed by atoms with Gasteiger partial charge in [0.25, 0.3) is 0 Å².